The number of nitrogens with one attached hydrogen (secondary N) is 2. The molecular weight excluding hydrogens is 409 g/mol. The first-order chi connectivity index (χ1) is 14.3. The number of hydrogen-bond acceptors (Lipinski definition) is 5. The SMILES string of the molecule is Cc1cc2nc3c(=O)[nH]c(=O)nc-3n(CCNCc3ccc(Cl)c(F)c3)c2cc1C. The minimum atomic E-state index is -0.712. The topological polar surface area (TPSA) is 92.7 Å². The number of hydrogen-bond donors (Lipinski definition) is 2. The molecule has 0 spiro atoms. The van der Waals surface area contributed by atoms with Crippen molar-refractivity contribution in [3.05, 3.63) is 78.7 Å². The molecule has 30 heavy (non-hydrogen) atoms. The van der Waals surface area contributed by atoms with Gasteiger partial charge in [0.1, 0.15) is 5.82 Å². The van der Waals surface area contributed by atoms with Crippen LogP contribution in [0.4, 0.5) is 4.39 Å². The van der Waals surface area contributed by atoms with Gasteiger partial charge in [0, 0.05) is 19.6 Å². The van der Waals surface area contributed by atoms with E-state index in [1.54, 1.807) is 6.07 Å². The van der Waals surface area contributed by atoms with Gasteiger partial charge in [-0.3, -0.25) is 9.78 Å². The van der Waals surface area contributed by atoms with E-state index in [0.29, 0.717) is 25.2 Å². The van der Waals surface area contributed by atoms with E-state index < -0.39 is 17.1 Å². The predicted octanol–water partition coefficient (Wildman–Crippen LogP) is 2.78. The highest BCUT2D eigenvalue weighted by molar-refractivity contribution is 6.30. The molecule has 0 saturated heterocycles. The zero-order chi connectivity index (χ0) is 21.4. The summed E-state index contributed by atoms with van der Waals surface area (Å²) in [7, 11) is 0. The van der Waals surface area contributed by atoms with Crippen molar-refractivity contribution < 1.29 is 4.39 Å². The number of benzene rings is 2. The lowest BCUT2D eigenvalue weighted by Crippen LogP contribution is -2.30. The maximum atomic E-state index is 13.6. The third kappa shape index (κ3) is 3.83. The van der Waals surface area contributed by atoms with Crippen molar-refractivity contribution in [3.63, 3.8) is 0 Å². The fourth-order valence-electron chi connectivity index (χ4n) is 3.35. The minimum absolute atomic E-state index is 0.0828. The molecule has 0 aliphatic carbocycles. The van der Waals surface area contributed by atoms with Gasteiger partial charge in [0.15, 0.2) is 11.5 Å². The zero-order valence-corrected chi connectivity index (χ0v) is 17.2. The smallest absolute Gasteiger partial charge is 0.321 e. The van der Waals surface area contributed by atoms with Crippen LogP contribution in [-0.4, -0.2) is 26.1 Å². The molecule has 0 amide bonds. The fraction of sp³-hybridized carbons (Fsp3) is 0.238. The summed E-state index contributed by atoms with van der Waals surface area (Å²) in [5, 5.41) is 3.32. The van der Waals surface area contributed by atoms with Gasteiger partial charge in [-0.25, -0.2) is 14.2 Å². The van der Waals surface area contributed by atoms with Crippen LogP contribution in [0.1, 0.15) is 16.7 Å². The monoisotopic (exact) mass is 427 g/mol. The Hall–Kier alpha value is -3.10. The predicted molar refractivity (Wildman–Crippen MR) is 114 cm³/mol. The Morgan fingerprint density at radius 3 is 2.67 bits per heavy atom. The van der Waals surface area contributed by atoms with Crippen molar-refractivity contribution in [2.24, 2.45) is 0 Å². The largest absolute Gasteiger partial charge is 0.349 e. The van der Waals surface area contributed by atoms with E-state index in [2.05, 4.69) is 20.3 Å². The molecule has 2 aromatic carbocycles. The van der Waals surface area contributed by atoms with Crippen LogP contribution in [0.5, 0.6) is 0 Å². The van der Waals surface area contributed by atoms with Crippen molar-refractivity contribution in [2.75, 3.05) is 6.54 Å². The van der Waals surface area contributed by atoms with Gasteiger partial charge in [0.2, 0.25) is 0 Å². The molecule has 0 unspecified atom stereocenters. The van der Waals surface area contributed by atoms with Gasteiger partial charge in [0.05, 0.1) is 16.1 Å². The summed E-state index contributed by atoms with van der Waals surface area (Å²) in [4.78, 5) is 34.7. The van der Waals surface area contributed by atoms with Crippen molar-refractivity contribution >= 4 is 22.6 Å². The molecule has 0 fully saturated rings. The van der Waals surface area contributed by atoms with Gasteiger partial charge in [0.25, 0.3) is 5.56 Å². The molecule has 2 aliphatic rings. The summed E-state index contributed by atoms with van der Waals surface area (Å²) in [5.74, 6) is -0.229. The molecular formula is C21H19ClFN5O2. The number of rotatable bonds is 5. The summed E-state index contributed by atoms with van der Waals surface area (Å²) in [6, 6.07) is 8.54. The molecule has 2 heterocycles. The molecule has 0 radical (unpaired) electrons. The van der Waals surface area contributed by atoms with E-state index in [1.807, 2.05) is 30.5 Å². The molecule has 2 aromatic rings. The standard InChI is InChI=1S/C21H19ClFN5O2/c1-11-7-16-17(8-12(11)2)28(19-18(25-16)20(29)27-21(30)26-19)6-5-24-10-13-3-4-14(22)15(23)9-13/h3-4,7-9,24H,5-6,10H2,1-2H3,(H,27,29,30). The fourth-order valence-corrected chi connectivity index (χ4v) is 3.47. The summed E-state index contributed by atoms with van der Waals surface area (Å²) < 4.78 is 15.4. The molecule has 2 aliphatic heterocycles. The first-order valence-electron chi connectivity index (χ1n) is 9.40. The van der Waals surface area contributed by atoms with E-state index >= 15 is 0 Å². The molecule has 9 heteroatoms. The Morgan fingerprint density at radius 1 is 1.13 bits per heavy atom. The highest BCUT2D eigenvalue weighted by Gasteiger charge is 2.19. The third-order valence-corrected chi connectivity index (χ3v) is 5.36. The van der Waals surface area contributed by atoms with Gasteiger partial charge < -0.3 is 9.88 Å². The number of H-pyrrole nitrogens is 1. The van der Waals surface area contributed by atoms with Crippen LogP contribution >= 0.6 is 11.6 Å². The number of fused-ring (bicyclic) bond motifs is 2. The summed E-state index contributed by atoms with van der Waals surface area (Å²) >= 11 is 5.72. The number of nitrogens with zero attached hydrogens (tertiary/aromatic N) is 3. The normalized spacial score (nSPS) is 11.5. The maximum Gasteiger partial charge on any atom is 0.349 e. The van der Waals surface area contributed by atoms with E-state index in [4.69, 9.17) is 11.6 Å². The van der Waals surface area contributed by atoms with Crippen LogP contribution in [0, 0.1) is 19.7 Å². The Bertz CT molecular complexity index is 1350. The van der Waals surface area contributed by atoms with Crippen molar-refractivity contribution in [1.29, 1.82) is 0 Å². The van der Waals surface area contributed by atoms with Gasteiger partial charge in [-0.05, 0) is 54.8 Å². The molecule has 0 atom stereocenters. The Labute approximate surface area is 175 Å². The lowest BCUT2D eigenvalue weighted by molar-refractivity contribution is 0.595. The first-order valence-corrected chi connectivity index (χ1v) is 9.78. The number of aromatic amines is 1. The highest BCUT2D eigenvalue weighted by Crippen LogP contribution is 2.23. The third-order valence-electron chi connectivity index (χ3n) is 5.05. The lowest BCUT2D eigenvalue weighted by atomic mass is 10.1. The zero-order valence-electron chi connectivity index (χ0n) is 16.4. The highest BCUT2D eigenvalue weighted by atomic mass is 35.5. The van der Waals surface area contributed by atoms with Crippen molar-refractivity contribution in [1.82, 2.24) is 24.8 Å². The van der Waals surface area contributed by atoms with Crippen LogP contribution < -0.4 is 16.6 Å². The molecule has 0 aromatic heterocycles. The lowest BCUT2D eigenvalue weighted by Gasteiger charge is -2.18. The van der Waals surface area contributed by atoms with E-state index in [0.717, 1.165) is 22.2 Å². The number of halogens is 2. The molecule has 7 nitrogen and oxygen atoms in total. The summed E-state index contributed by atoms with van der Waals surface area (Å²) in [6.45, 7) is 5.33. The average Bonchev–Trinajstić information content (AvgIpc) is 2.69. The second-order valence-corrected chi connectivity index (χ2v) is 7.56. The van der Waals surface area contributed by atoms with Crippen LogP contribution in [0.3, 0.4) is 0 Å². The van der Waals surface area contributed by atoms with Crippen molar-refractivity contribution in [3.8, 4) is 11.5 Å². The van der Waals surface area contributed by atoms with Gasteiger partial charge >= 0.3 is 5.69 Å². The molecule has 154 valence electrons. The van der Waals surface area contributed by atoms with E-state index in [-0.39, 0.29) is 16.5 Å². The molecule has 4 rings (SSSR count). The maximum absolute atomic E-state index is 13.6. The Balaban J connectivity index is 1.68. The van der Waals surface area contributed by atoms with Crippen LogP contribution in [0.2, 0.25) is 5.02 Å². The number of aromatic nitrogens is 4. The van der Waals surface area contributed by atoms with Crippen LogP contribution in [0.25, 0.3) is 22.6 Å². The van der Waals surface area contributed by atoms with Gasteiger partial charge in [-0.15, -0.1) is 0 Å². The van der Waals surface area contributed by atoms with E-state index in [9.17, 15) is 14.0 Å². The summed E-state index contributed by atoms with van der Waals surface area (Å²) in [5.41, 5.74) is 3.14. The number of aryl methyl sites for hydroxylation is 2. The molecule has 0 bridgehead atoms. The minimum Gasteiger partial charge on any atom is -0.321 e. The summed E-state index contributed by atoms with van der Waals surface area (Å²) in [6.07, 6.45) is 0. The quantitative estimate of drug-likeness (QED) is 0.377. The van der Waals surface area contributed by atoms with Gasteiger partial charge in [-0.1, -0.05) is 17.7 Å². The second-order valence-electron chi connectivity index (χ2n) is 7.16. The van der Waals surface area contributed by atoms with Crippen molar-refractivity contribution in [2.45, 2.75) is 26.9 Å². The molecule has 0 saturated carbocycles. The van der Waals surface area contributed by atoms with Crippen LogP contribution in [-0.2, 0) is 13.1 Å². The Morgan fingerprint density at radius 2 is 1.90 bits per heavy atom. The second kappa shape index (κ2) is 7.97. The first kappa shape index (κ1) is 20.2. The average molecular weight is 428 g/mol. The van der Waals surface area contributed by atoms with Crippen LogP contribution in [0.15, 0.2) is 39.9 Å². The van der Waals surface area contributed by atoms with Gasteiger partial charge in [-0.2, -0.15) is 4.98 Å². The van der Waals surface area contributed by atoms with E-state index in [1.165, 1.54) is 12.1 Å². The molecule has 2 N–H and O–H groups in total. The Kier molecular flexibility index (Phi) is 5.36.